The van der Waals surface area contributed by atoms with E-state index in [0.717, 1.165) is 5.56 Å². The average molecular weight is 363 g/mol. The molecule has 2 aliphatic heterocycles. The van der Waals surface area contributed by atoms with Crippen molar-refractivity contribution >= 4 is 6.09 Å². The quantitative estimate of drug-likeness (QED) is 0.782. The number of rotatable bonds is 6. The van der Waals surface area contributed by atoms with Crippen LogP contribution in [0.15, 0.2) is 43.0 Å². The van der Waals surface area contributed by atoms with Crippen LogP contribution in [0.2, 0.25) is 0 Å². The largest absolute Gasteiger partial charge is 0.453 e. The molecular formula is C19H25NO6. The van der Waals surface area contributed by atoms with Gasteiger partial charge in [-0.15, -0.1) is 6.58 Å². The van der Waals surface area contributed by atoms with Crippen LogP contribution < -0.4 is 5.32 Å². The summed E-state index contributed by atoms with van der Waals surface area (Å²) in [5.74, 6) is -0.756. The number of hydrogen-bond acceptors (Lipinski definition) is 6. The predicted octanol–water partition coefficient (Wildman–Crippen LogP) is 2.36. The molecule has 3 rings (SSSR count). The molecule has 5 atom stereocenters. The predicted molar refractivity (Wildman–Crippen MR) is 93.2 cm³/mol. The number of benzene rings is 1. The number of nitrogens with one attached hydrogen (secondary N) is 1. The molecule has 0 unspecified atom stereocenters. The third-order valence-corrected chi connectivity index (χ3v) is 4.39. The highest BCUT2D eigenvalue weighted by molar-refractivity contribution is 5.67. The molecule has 2 fully saturated rings. The first-order valence-electron chi connectivity index (χ1n) is 8.57. The first-order chi connectivity index (χ1) is 12.4. The molecule has 2 aliphatic rings. The number of alkyl carbamates (subject to hydrolysis) is 1. The summed E-state index contributed by atoms with van der Waals surface area (Å²) in [6.07, 6.45) is -0.909. The maximum atomic E-state index is 11.6. The van der Waals surface area contributed by atoms with Crippen molar-refractivity contribution in [3.05, 3.63) is 48.6 Å². The van der Waals surface area contributed by atoms with Crippen molar-refractivity contribution in [1.82, 2.24) is 5.32 Å². The molecule has 7 heteroatoms. The molecule has 0 saturated carbocycles. The van der Waals surface area contributed by atoms with Crippen LogP contribution in [0.4, 0.5) is 4.79 Å². The van der Waals surface area contributed by atoms with Crippen molar-refractivity contribution in [1.29, 1.82) is 0 Å². The van der Waals surface area contributed by atoms with Crippen LogP contribution in [-0.4, -0.2) is 49.6 Å². The summed E-state index contributed by atoms with van der Waals surface area (Å²) >= 11 is 0. The summed E-state index contributed by atoms with van der Waals surface area (Å²) in [4.78, 5) is 11.6. The maximum absolute atomic E-state index is 11.6. The van der Waals surface area contributed by atoms with Gasteiger partial charge in [0.15, 0.2) is 12.1 Å². The van der Waals surface area contributed by atoms with Crippen LogP contribution in [0, 0.1) is 0 Å². The SMILES string of the molecule is C=C[C@@H](NC(=O)OC)[C@H]1O[C@@H]2OC(C)(C)O[C@@H]2[C@H]1OCc1ccccc1. The van der Waals surface area contributed by atoms with Crippen LogP contribution in [-0.2, 0) is 30.3 Å². The van der Waals surface area contributed by atoms with Crippen molar-refractivity contribution in [2.45, 2.75) is 56.9 Å². The smallest absolute Gasteiger partial charge is 0.407 e. The second-order valence-corrected chi connectivity index (χ2v) is 6.73. The van der Waals surface area contributed by atoms with E-state index in [4.69, 9.17) is 18.9 Å². The Balaban J connectivity index is 1.76. The molecular weight excluding hydrogens is 338 g/mol. The van der Waals surface area contributed by atoms with E-state index in [1.165, 1.54) is 7.11 Å². The number of ether oxygens (including phenoxy) is 5. The second-order valence-electron chi connectivity index (χ2n) is 6.73. The lowest BCUT2D eigenvalue weighted by molar-refractivity contribution is -0.220. The summed E-state index contributed by atoms with van der Waals surface area (Å²) in [6.45, 7) is 7.83. The first kappa shape index (κ1) is 18.8. The Kier molecular flexibility index (Phi) is 5.62. The Labute approximate surface area is 153 Å². The first-order valence-corrected chi connectivity index (χ1v) is 8.57. The molecule has 142 valence electrons. The van der Waals surface area contributed by atoms with E-state index < -0.39 is 42.5 Å². The standard InChI is InChI=1S/C19H25NO6/c1-5-13(20-18(21)22-4)14-15(23-11-12-9-7-6-8-10-12)16-17(24-14)26-19(2,3)25-16/h5-10,13-17H,1,11H2,2-4H3,(H,20,21)/t13-,14-,15+,16-,17-/m1/s1. The monoisotopic (exact) mass is 363 g/mol. The zero-order chi connectivity index (χ0) is 18.7. The van der Waals surface area contributed by atoms with Gasteiger partial charge in [0.05, 0.1) is 19.8 Å². The van der Waals surface area contributed by atoms with Gasteiger partial charge >= 0.3 is 6.09 Å². The van der Waals surface area contributed by atoms with Crippen molar-refractivity contribution < 1.29 is 28.5 Å². The van der Waals surface area contributed by atoms with Crippen molar-refractivity contribution in [3.8, 4) is 0 Å². The van der Waals surface area contributed by atoms with Gasteiger partial charge < -0.3 is 29.0 Å². The van der Waals surface area contributed by atoms with E-state index in [-0.39, 0.29) is 0 Å². The molecule has 1 amide bonds. The Hall–Kier alpha value is -1.93. The van der Waals surface area contributed by atoms with E-state index in [1.54, 1.807) is 6.08 Å². The van der Waals surface area contributed by atoms with Crippen LogP contribution in [0.3, 0.4) is 0 Å². The van der Waals surface area contributed by atoms with Crippen molar-refractivity contribution in [2.75, 3.05) is 7.11 Å². The zero-order valence-electron chi connectivity index (χ0n) is 15.2. The molecule has 7 nitrogen and oxygen atoms in total. The summed E-state index contributed by atoms with van der Waals surface area (Å²) < 4.78 is 28.6. The molecule has 2 heterocycles. The van der Waals surface area contributed by atoms with E-state index in [2.05, 4.69) is 16.6 Å². The van der Waals surface area contributed by atoms with Gasteiger partial charge in [-0.1, -0.05) is 36.4 Å². The van der Waals surface area contributed by atoms with E-state index >= 15 is 0 Å². The highest BCUT2D eigenvalue weighted by Crippen LogP contribution is 2.40. The van der Waals surface area contributed by atoms with Gasteiger partial charge in [-0.2, -0.15) is 0 Å². The van der Waals surface area contributed by atoms with Crippen LogP contribution in [0.5, 0.6) is 0 Å². The Morgan fingerprint density at radius 2 is 2.08 bits per heavy atom. The van der Waals surface area contributed by atoms with E-state index in [1.807, 2.05) is 44.2 Å². The third kappa shape index (κ3) is 4.07. The van der Waals surface area contributed by atoms with Crippen molar-refractivity contribution in [2.24, 2.45) is 0 Å². The molecule has 0 aromatic heterocycles. The molecule has 0 radical (unpaired) electrons. The van der Waals surface area contributed by atoms with Crippen molar-refractivity contribution in [3.63, 3.8) is 0 Å². The third-order valence-electron chi connectivity index (χ3n) is 4.39. The van der Waals surface area contributed by atoms with Gasteiger partial charge in [0.2, 0.25) is 0 Å². The van der Waals surface area contributed by atoms with Crippen LogP contribution >= 0.6 is 0 Å². The topological polar surface area (TPSA) is 75.3 Å². The highest BCUT2D eigenvalue weighted by Gasteiger charge is 2.57. The lowest BCUT2D eigenvalue weighted by Gasteiger charge is -2.29. The normalized spacial score (nSPS) is 30.4. The number of carbonyl (C=O) groups is 1. The number of methoxy groups -OCH3 is 1. The van der Waals surface area contributed by atoms with Gasteiger partial charge in [0.25, 0.3) is 0 Å². The average Bonchev–Trinajstić information content (AvgIpc) is 3.10. The fraction of sp³-hybridized carbons (Fsp3) is 0.526. The summed E-state index contributed by atoms with van der Waals surface area (Å²) in [6, 6.07) is 9.31. The fourth-order valence-electron chi connectivity index (χ4n) is 3.22. The number of amides is 1. The fourth-order valence-corrected chi connectivity index (χ4v) is 3.22. The Morgan fingerprint density at radius 3 is 2.73 bits per heavy atom. The van der Waals surface area contributed by atoms with E-state index in [9.17, 15) is 4.79 Å². The molecule has 2 saturated heterocycles. The minimum absolute atomic E-state index is 0.389. The summed E-state index contributed by atoms with van der Waals surface area (Å²) in [7, 11) is 1.30. The Bertz CT molecular complexity index is 634. The molecule has 1 aromatic carbocycles. The lowest BCUT2D eigenvalue weighted by Crippen LogP contribution is -2.49. The summed E-state index contributed by atoms with van der Waals surface area (Å²) in [5.41, 5.74) is 1.03. The van der Waals surface area contributed by atoms with E-state index in [0.29, 0.717) is 6.61 Å². The Morgan fingerprint density at radius 1 is 1.35 bits per heavy atom. The van der Waals surface area contributed by atoms with Gasteiger partial charge in [-0.3, -0.25) is 0 Å². The summed E-state index contributed by atoms with van der Waals surface area (Å²) in [5, 5.41) is 2.70. The number of carbonyl (C=O) groups excluding carboxylic acids is 1. The number of hydrogen-bond donors (Lipinski definition) is 1. The molecule has 26 heavy (non-hydrogen) atoms. The van der Waals surface area contributed by atoms with Gasteiger partial charge in [0, 0.05) is 0 Å². The zero-order valence-corrected chi connectivity index (χ0v) is 15.2. The highest BCUT2D eigenvalue weighted by atomic mass is 16.8. The maximum Gasteiger partial charge on any atom is 0.407 e. The second kappa shape index (κ2) is 7.75. The number of fused-ring (bicyclic) bond motifs is 1. The molecule has 1 aromatic rings. The minimum atomic E-state index is -0.756. The molecule has 0 spiro atoms. The van der Waals surface area contributed by atoms with Gasteiger partial charge in [-0.25, -0.2) is 4.79 Å². The molecule has 0 bridgehead atoms. The van der Waals surface area contributed by atoms with Crippen LogP contribution in [0.1, 0.15) is 19.4 Å². The molecule has 1 N–H and O–H groups in total. The minimum Gasteiger partial charge on any atom is -0.453 e. The van der Waals surface area contributed by atoms with Gasteiger partial charge in [-0.05, 0) is 19.4 Å². The van der Waals surface area contributed by atoms with Crippen LogP contribution in [0.25, 0.3) is 0 Å². The molecule has 0 aliphatic carbocycles. The van der Waals surface area contributed by atoms with Gasteiger partial charge in [0.1, 0.15) is 18.3 Å². The lowest BCUT2D eigenvalue weighted by atomic mass is 10.0.